The van der Waals surface area contributed by atoms with Gasteiger partial charge in [0.25, 0.3) is 11.6 Å². The summed E-state index contributed by atoms with van der Waals surface area (Å²) in [5.74, 6) is -0.517. The number of anilines is 3. The summed E-state index contributed by atoms with van der Waals surface area (Å²) in [6, 6.07) is 20.6. The minimum atomic E-state index is -0.562. The summed E-state index contributed by atoms with van der Waals surface area (Å²) in [5, 5.41) is 24.3. The second kappa shape index (κ2) is 8.58. The van der Waals surface area contributed by atoms with Crippen LogP contribution in [-0.2, 0) is 4.79 Å². The summed E-state index contributed by atoms with van der Waals surface area (Å²) >= 11 is 6.45. The number of nitrogens with zero attached hydrogens (tertiary/aromatic N) is 2. The van der Waals surface area contributed by atoms with Gasteiger partial charge in [-0.05, 0) is 48.5 Å². The van der Waals surface area contributed by atoms with Gasteiger partial charge in [0, 0.05) is 29.1 Å². The number of hydrogen-bond acceptors (Lipinski definition) is 7. The van der Waals surface area contributed by atoms with E-state index in [1.165, 1.54) is 29.2 Å². The molecule has 3 aromatic carbocycles. The predicted octanol–water partition coefficient (Wildman–Crippen LogP) is 5.45. The molecule has 0 aromatic heterocycles. The first-order valence-electron chi connectivity index (χ1n) is 9.10. The molecule has 1 heterocycles. The molecule has 1 saturated heterocycles. The minimum absolute atomic E-state index is 0.160. The molecule has 4 rings (SSSR count). The van der Waals surface area contributed by atoms with E-state index in [0.717, 1.165) is 23.1 Å². The van der Waals surface area contributed by atoms with E-state index in [1.807, 2.05) is 42.5 Å². The number of benzene rings is 3. The molecule has 31 heavy (non-hydrogen) atoms. The van der Waals surface area contributed by atoms with Crippen molar-refractivity contribution in [1.82, 2.24) is 0 Å². The van der Waals surface area contributed by atoms with Gasteiger partial charge in [0.2, 0.25) is 0 Å². The fourth-order valence-corrected chi connectivity index (χ4v) is 4.27. The molecule has 0 saturated carbocycles. The molecule has 0 spiro atoms. The lowest BCUT2D eigenvalue weighted by atomic mass is 10.1. The van der Waals surface area contributed by atoms with Gasteiger partial charge in [0.15, 0.2) is 4.32 Å². The lowest BCUT2D eigenvalue weighted by Gasteiger charge is -2.15. The largest absolute Gasteiger partial charge is 0.507 e. The van der Waals surface area contributed by atoms with E-state index in [9.17, 15) is 20.0 Å². The summed E-state index contributed by atoms with van der Waals surface area (Å²) in [6.07, 6.45) is 1.41. The molecule has 1 fully saturated rings. The van der Waals surface area contributed by atoms with E-state index in [0.29, 0.717) is 10.0 Å². The summed E-state index contributed by atoms with van der Waals surface area (Å²) in [4.78, 5) is 25.0. The Morgan fingerprint density at radius 2 is 1.71 bits per heavy atom. The number of aromatic hydroxyl groups is 1. The molecule has 0 bridgehead atoms. The fourth-order valence-electron chi connectivity index (χ4n) is 2.98. The third-order valence-corrected chi connectivity index (χ3v) is 5.79. The van der Waals surface area contributed by atoms with Gasteiger partial charge in [-0.2, -0.15) is 0 Å². The van der Waals surface area contributed by atoms with Crippen molar-refractivity contribution in [3.8, 4) is 5.75 Å². The van der Waals surface area contributed by atoms with Crippen molar-refractivity contribution in [2.24, 2.45) is 0 Å². The standard InChI is InChI=1S/C22H15N3O4S2/c26-19-11-10-18(25(28)29)12-14(19)13-20-21(27)24(22(30)31-20)17-8-6-16(7-9-17)23-15-4-2-1-3-5-15/h1-13,23,26H/b20-13-. The first-order chi connectivity index (χ1) is 14.9. The van der Waals surface area contributed by atoms with E-state index in [1.54, 1.807) is 12.1 Å². The molecule has 1 aliphatic rings. The van der Waals surface area contributed by atoms with Crippen LogP contribution in [-0.4, -0.2) is 20.3 Å². The van der Waals surface area contributed by atoms with Crippen molar-refractivity contribution in [2.45, 2.75) is 0 Å². The van der Waals surface area contributed by atoms with Crippen molar-refractivity contribution in [3.05, 3.63) is 93.4 Å². The summed E-state index contributed by atoms with van der Waals surface area (Å²) in [5.41, 5.74) is 2.41. The number of carbonyl (C=O) groups excluding carboxylic acids is 1. The number of phenolic OH excluding ortho intramolecular Hbond substituents is 1. The van der Waals surface area contributed by atoms with E-state index < -0.39 is 4.92 Å². The lowest BCUT2D eigenvalue weighted by Crippen LogP contribution is -2.27. The van der Waals surface area contributed by atoms with Crippen molar-refractivity contribution in [3.63, 3.8) is 0 Å². The highest BCUT2D eigenvalue weighted by Gasteiger charge is 2.33. The third-order valence-electron chi connectivity index (χ3n) is 4.49. The average Bonchev–Trinajstić information content (AvgIpc) is 3.04. The van der Waals surface area contributed by atoms with Gasteiger partial charge < -0.3 is 10.4 Å². The number of carbonyl (C=O) groups is 1. The Balaban J connectivity index is 1.57. The van der Waals surface area contributed by atoms with Gasteiger partial charge >= 0.3 is 0 Å². The molecule has 0 radical (unpaired) electrons. The maximum absolute atomic E-state index is 12.9. The van der Waals surface area contributed by atoms with Crippen molar-refractivity contribution in [2.75, 3.05) is 10.2 Å². The third kappa shape index (κ3) is 4.42. The summed E-state index contributed by atoms with van der Waals surface area (Å²) in [7, 11) is 0. The Bertz CT molecular complexity index is 1210. The topological polar surface area (TPSA) is 95.7 Å². The van der Waals surface area contributed by atoms with Crippen LogP contribution < -0.4 is 10.2 Å². The maximum Gasteiger partial charge on any atom is 0.270 e. The Morgan fingerprint density at radius 3 is 2.39 bits per heavy atom. The molecule has 0 atom stereocenters. The van der Waals surface area contributed by atoms with Crippen molar-refractivity contribution < 1.29 is 14.8 Å². The SMILES string of the molecule is O=C1/C(=C/c2cc([N+](=O)[O-])ccc2O)SC(=S)N1c1ccc(Nc2ccccc2)cc1. The molecule has 1 amide bonds. The minimum Gasteiger partial charge on any atom is -0.507 e. The Hall–Kier alpha value is -3.69. The van der Waals surface area contributed by atoms with Crippen LogP contribution in [0, 0.1) is 10.1 Å². The second-order valence-corrected chi connectivity index (χ2v) is 8.23. The van der Waals surface area contributed by atoms with E-state index in [2.05, 4.69) is 5.32 Å². The van der Waals surface area contributed by atoms with Crippen LogP contribution in [0.1, 0.15) is 5.56 Å². The van der Waals surface area contributed by atoms with Crippen LogP contribution >= 0.6 is 24.0 Å². The first-order valence-corrected chi connectivity index (χ1v) is 10.3. The second-order valence-electron chi connectivity index (χ2n) is 6.56. The number of nitro groups is 1. The van der Waals surface area contributed by atoms with Gasteiger partial charge in [0.1, 0.15) is 5.75 Å². The predicted molar refractivity (Wildman–Crippen MR) is 127 cm³/mol. The van der Waals surface area contributed by atoms with Gasteiger partial charge in [-0.25, -0.2) is 0 Å². The van der Waals surface area contributed by atoms with E-state index in [4.69, 9.17) is 12.2 Å². The number of nitrogens with one attached hydrogen (secondary N) is 1. The molecule has 0 unspecified atom stereocenters. The Kier molecular flexibility index (Phi) is 5.70. The van der Waals surface area contributed by atoms with Crippen LogP contribution in [0.4, 0.5) is 22.7 Å². The number of nitro benzene ring substituents is 1. The first kappa shape index (κ1) is 20.6. The zero-order valence-corrected chi connectivity index (χ0v) is 17.5. The molecular formula is C22H15N3O4S2. The van der Waals surface area contributed by atoms with E-state index >= 15 is 0 Å². The Morgan fingerprint density at radius 1 is 1.03 bits per heavy atom. The molecule has 0 aliphatic carbocycles. The highest BCUT2D eigenvalue weighted by atomic mass is 32.2. The summed E-state index contributed by atoms with van der Waals surface area (Å²) < 4.78 is 0.338. The Labute approximate surface area is 187 Å². The molecule has 3 aromatic rings. The highest BCUT2D eigenvalue weighted by Crippen LogP contribution is 2.38. The van der Waals surface area contributed by atoms with Crippen LogP contribution in [0.25, 0.3) is 6.08 Å². The van der Waals surface area contributed by atoms with Gasteiger partial charge in [0.05, 0.1) is 15.5 Å². The number of rotatable bonds is 5. The molecule has 9 heteroatoms. The maximum atomic E-state index is 12.9. The van der Waals surface area contributed by atoms with Crippen molar-refractivity contribution >= 4 is 63.0 Å². The van der Waals surface area contributed by atoms with Gasteiger partial charge in [-0.15, -0.1) is 0 Å². The summed E-state index contributed by atoms with van der Waals surface area (Å²) in [6.45, 7) is 0. The van der Waals surface area contributed by atoms with Gasteiger partial charge in [-0.3, -0.25) is 19.8 Å². The van der Waals surface area contributed by atoms with Gasteiger partial charge in [-0.1, -0.05) is 42.2 Å². The normalized spacial score (nSPS) is 14.8. The lowest BCUT2D eigenvalue weighted by molar-refractivity contribution is -0.384. The number of non-ortho nitro benzene ring substituents is 1. The van der Waals surface area contributed by atoms with Crippen LogP contribution in [0.3, 0.4) is 0 Å². The number of hydrogen-bond donors (Lipinski definition) is 2. The number of thiocarbonyl (C=S) groups is 1. The van der Waals surface area contributed by atoms with Crippen LogP contribution in [0.2, 0.25) is 0 Å². The van der Waals surface area contributed by atoms with Crippen LogP contribution in [0.5, 0.6) is 5.75 Å². The molecular weight excluding hydrogens is 434 g/mol. The smallest absolute Gasteiger partial charge is 0.270 e. The quantitative estimate of drug-likeness (QED) is 0.231. The molecule has 154 valence electrons. The number of thioether (sulfide) groups is 1. The van der Waals surface area contributed by atoms with E-state index in [-0.39, 0.29) is 27.8 Å². The number of para-hydroxylation sites is 1. The fraction of sp³-hybridized carbons (Fsp3) is 0. The number of amides is 1. The average molecular weight is 450 g/mol. The highest BCUT2D eigenvalue weighted by molar-refractivity contribution is 8.27. The molecule has 7 nitrogen and oxygen atoms in total. The molecule has 2 N–H and O–H groups in total. The zero-order valence-electron chi connectivity index (χ0n) is 15.9. The van der Waals surface area contributed by atoms with Crippen molar-refractivity contribution in [1.29, 1.82) is 0 Å². The van der Waals surface area contributed by atoms with Crippen LogP contribution in [0.15, 0.2) is 77.7 Å². The molecule has 1 aliphatic heterocycles. The zero-order chi connectivity index (χ0) is 22.0. The number of phenols is 1. The monoisotopic (exact) mass is 449 g/mol.